The monoisotopic (exact) mass is 345 g/mol. The number of hydrogen-bond donors (Lipinski definition) is 1. The molecule has 20 heavy (non-hydrogen) atoms. The van der Waals surface area contributed by atoms with Crippen LogP contribution in [0.25, 0.3) is 0 Å². The van der Waals surface area contributed by atoms with Crippen LogP contribution in [0.1, 0.15) is 18.7 Å². The molecule has 2 rings (SSSR count). The van der Waals surface area contributed by atoms with E-state index in [-0.39, 0.29) is 22.9 Å². The number of hydrogen-bond acceptors (Lipinski definition) is 3. The minimum Gasteiger partial charge on any atom is -0.488 e. The smallest absolute Gasteiger partial charge is 0.169 e. The SMILES string of the molecule is CC(NCCOc1c(F)cc(F)cc1Br)c1ccco1. The summed E-state index contributed by atoms with van der Waals surface area (Å²) in [6.07, 6.45) is 1.61. The van der Waals surface area contributed by atoms with E-state index >= 15 is 0 Å². The van der Waals surface area contributed by atoms with Gasteiger partial charge < -0.3 is 14.5 Å². The lowest BCUT2D eigenvalue weighted by atomic mass is 10.2. The second kappa shape index (κ2) is 6.85. The lowest BCUT2D eigenvalue weighted by molar-refractivity contribution is 0.286. The van der Waals surface area contributed by atoms with Gasteiger partial charge in [-0.1, -0.05) is 0 Å². The Morgan fingerprint density at radius 1 is 1.40 bits per heavy atom. The van der Waals surface area contributed by atoms with Gasteiger partial charge in [-0.3, -0.25) is 0 Å². The van der Waals surface area contributed by atoms with Crippen LogP contribution in [0.4, 0.5) is 8.78 Å². The minimum atomic E-state index is -0.726. The van der Waals surface area contributed by atoms with Crippen molar-refractivity contribution in [2.45, 2.75) is 13.0 Å². The maximum atomic E-state index is 13.5. The minimum absolute atomic E-state index is 0.0128. The van der Waals surface area contributed by atoms with E-state index in [9.17, 15) is 8.78 Å². The van der Waals surface area contributed by atoms with Crippen LogP contribution in [-0.2, 0) is 0 Å². The number of halogens is 3. The first-order valence-corrected chi connectivity index (χ1v) is 6.91. The van der Waals surface area contributed by atoms with E-state index in [1.54, 1.807) is 6.26 Å². The summed E-state index contributed by atoms with van der Waals surface area (Å²) in [5.41, 5.74) is 0. The van der Waals surface area contributed by atoms with Crippen molar-refractivity contribution in [2.75, 3.05) is 13.2 Å². The van der Waals surface area contributed by atoms with Crippen molar-refractivity contribution in [1.29, 1.82) is 0 Å². The van der Waals surface area contributed by atoms with Gasteiger partial charge in [0.25, 0.3) is 0 Å². The Labute approximate surface area is 124 Å². The normalized spacial score (nSPS) is 12.4. The molecule has 1 unspecified atom stereocenters. The average Bonchev–Trinajstić information content (AvgIpc) is 2.90. The third-order valence-electron chi connectivity index (χ3n) is 2.73. The quantitative estimate of drug-likeness (QED) is 0.802. The molecule has 6 heteroatoms. The molecular formula is C14H14BrF2NO2. The summed E-state index contributed by atoms with van der Waals surface area (Å²) < 4.78 is 37.2. The highest BCUT2D eigenvalue weighted by atomic mass is 79.9. The first-order chi connectivity index (χ1) is 9.58. The fourth-order valence-corrected chi connectivity index (χ4v) is 2.26. The van der Waals surface area contributed by atoms with Crippen molar-refractivity contribution in [3.8, 4) is 5.75 Å². The Bertz CT molecular complexity index is 537. The molecule has 108 valence electrons. The fraction of sp³-hybridized carbons (Fsp3) is 0.286. The number of nitrogens with one attached hydrogen (secondary N) is 1. The predicted octanol–water partition coefficient (Wildman–Crippen LogP) is 4.05. The van der Waals surface area contributed by atoms with E-state index < -0.39 is 11.6 Å². The predicted molar refractivity (Wildman–Crippen MR) is 74.7 cm³/mol. The summed E-state index contributed by atoms with van der Waals surface area (Å²) in [5.74, 6) is -0.541. The van der Waals surface area contributed by atoms with Crippen molar-refractivity contribution in [3.05, 3.63) is 52.4 Å². The molecular weight excluding hydrogens is 332 g/mol. The molecule has 1 atom stereocenters. The number of benzene rings is 1. The van der Waals surface area contributed by atoms with Crippen LogP contribution in [-0.4, -0.2) is 13.2 Å². The highest BCUT2D eigenvalue weighted by Crippen LogP contribution is 2.29. The van der Waals surface area contributed by atoms with E-state index in [1.165, 1.54) is 0 Å². The second-order valence-corrected chi connectivity index (χ2v) is 5.09. The van der Waals surface area contributed by atoms with Crippen LogP contribution >= 0.6 is 15.9 Å². The lowest BCUT2D eigenvalue weighted by Gasteiger charge is -2.13. The Balaban J connectivity index is 1.82. The van der Waals surface area contributed by atoms with Gasteiger partial charge in [0.15, 0.2) is 11.6 Å². The zero-order chi connectivity index (χ0) is 14.5. The number of ether oxygens (including phenoxy) is 1. The van der Waals surface area contributed by atoms with Gasteiger partial charge in [-0.25, -0.2) is 8.78 Å². The van der Waals surface area contributed by atoms with Crippen LogP contribution in [0.3, 0.4) is 0 Å². The van der Waals surface area contributed by atoms with Crippen LogP contribution in [0.5, 0.6) is 5.75 Å². The number of rotatable bonds is 6. The summed E-state index contributed by atoms with van der Waals surface area (Å²) in [6, 6.07) is 5.68. The Morgan fingerprint density at radius 2 is 2.20 bits per heavy atom. The molecule has 0 spiro atoms. The van der Waals surface area contributed by atoms with Crippen LogP contribution in [0.15, 0.2) is 39.4 Å². The molecule has 0 radical (unpaired) electrons. The summed E-state index contributed by atoms with van der Waals surface area (Å²) in [4.78, 5) is 0. The molecule has 0 aliphatic rings. The fourth-order valence-electron chi connectivity index (χ4n) is 1.73. The third-order valence-corrected chi connectivity index (χ3v) is 3.32. The first-order valence-electron chi connectivity index (χ1n) is 6.12. The number of furan rings is 1. The Hall–Kier alpha value is -1.40. The van der Waals surface area contributed by atoms with Gasteiger partial charge in [0.05, 0.1) is 16.8 Å². The van der Waals surface area contributed by atoms with Gasteiger partial charge in [0, 0.05) is 12.6 Å². The van der Waals surface area contributed by atoms with Gasteiger partial charge in [-0.05, 0) is 41.1 Å². The van der Waals surface area contributed by atoms with E-state index in [2.05, 4.69) is 21.2 Å². The van der Waals surface area contributed by atoms with E-state index in [0.29, 0.717) is 6.54 Å². The molecule has 0 bridgehead atoms. The van der Waals surface area contributed by atoms with E-state index in [0.717, 1.165) is 17.9 Å². The topological polar surface area (TPSA) is 34.4 Å². The molecule has 0 saturated carbocycles. The molecule has 0 saturated heterocycles. The molecule has 0 aliphatic carbocycles. The van der Waals surface area contributed by atoms with Gasteiger partial charge in [0.1, 0.15) is 18.2 Å². The molecule has 0 fully saturated rings. The van der Waals surface area contributed by atoms with Gasteiger partial charge >= 0.3 is 0 Å². The molecule has 1 N–H and O–H groups in total. The summed E-state index contributed by atoms with van der Waals surface area (Å²) in [5, 5.41) is 3.17. The van der Waals surface area contributed by atoms with Gasteiger partial charge in [-0.2, -0.15) is 0 Å². The summed E-state index contributed by atoms with van der Waals surface area (Å²) in [7, 11) is 0. The first kappa shape index (κ1) is 15.0. The summed E-state index contributed by atoms with van der Waals surface area (Å²) >= 11 is 3.07. The molecule has 1 aromatic heterocycles. The van der Waals surface area contributed by atoms with Crippen LogP contribution in [0.2, 0.25) is 0 Å². The highest BCUT2D eigenvalue weighted by molar-refractivity contribution is 9.10. The van der Waals surface area contributed by atoms with Crippen LogP contribution < -0.4 is 10.1 Å². The maximum absolute atomic E-state index is 13.5. The Morgan fingerprint density at radius 3 is 2.85 bits per heavy atom. The van der Waals surface area contributed by atoms with Crippen molar-refractivity contribution in [3.63, 3.8) is 0 Å². The molecule has 2 aromatic rings. The molecule has 3 nitrogen and oxygen atoms in total. The standard InChI is InChI=1S/C14H14BrF2NO2/c1-9(13-3-2-5-19-13)18-4-6-20-14-11(15)7-10(16)8-12(14)17/h2-3,5,7-9,18H,4,6H2,1H3. The van der Waals surface area contributed by atoms with Gasteiger partial charge in [-0.15, -0.1) is 0 Å². The second-order valence-electron chi connectivity index (χ2n) is 4.24. The zero-order valence-electron chi connectivity index (χ0n) is 10.8. The summed E-state index contributed by atoms with van der Waals surface area (Å²) in [6.45, 7) is 2.71. The zero-order valence-corrected chi connectivity index (χ0v) is 12.4. The molecule has 1 heterocycles. The largest absolute Gasteiger partial charge is 0.488 e. The highest BCUT2D eigenvalue weighted by Gasteiger charge is 2.11. The lowest BCUT2D eigenvalue weighted by Crippen LogP contribution is -2.24. The Kier molecular flexibility index (Phi) is 5.14. The van der Waals surface area contributed by atoms with Crippen molar-refractivity contribution in [2.24, 2.45) is 0 Å². The van der Waals surface area contributed by atoms with Crippen molar-refractivity contribution < 1.29 is 17.9 Å². The average molecular weight is 346 g/mol. The van der Waals surface area contributed by atoms with Gasteiger partial charge in [0.2, 0.25) is 0 Å². The third kappa shape index (κ3) is 3.80. The van der Waals surface area contributed by atoms with E-state index in [4.69, 9.17) is 9.15 Å². The maximum Gasteiger partial charge on any atom is 0.169 e. The van der Waals surface area contributed by atoms with E-state index in [1.807, 2.05) is 19.1 Å². The van der Waals surface area contributed by atoms with Crippen LogP contribution in [0, 0.1) is 11.6 Å². The molecule has 0 aliphatic heterocycles. The molecule has 0 amide bonds. The van der Waals surface area contributed by atoms with Crippen molar-refractivity contribution in [1.82, 2.24) is 5.32 Å². The molecule has 1 aromatic carbocycles. The van der Waals surface area contributed by atoms with Crippen molar-refractivity contribution >= 4 is 15.9 Å².